The summed E-state index contributed by atoms with van der Waals surface area (Å²) in [7, 11) is 0. The maximum absolute atomic E-state index is 3.47. The van der Waals surface area contributed by atoms with E-state index in [4.69, 9.17) is 0 Å². The first-order chi connectivity index (χ1) is 8.28. The number of likely N-dealkylation sites (N-methyl/N-ethyl adjacent to an activating group) is 1. The summed E-state index contributed by atoms with van der Waals surface area (Å²) < 4.78 is 1.16. The molecule has 2 rings (SSSR count). The lowest BCUT2D eigenvalue weighted by Gasteiger charge is -2.34. The van der Waals surface area contributed by atoms with Gasteiger partial charge in [-0.05, 0) is 30.7 Å². The van der Waals surface area contributed by atoms with Gasteiger partial charge in [0.15, 0.2) is 0 Å². The standard InChI is InChI=1S/C14H21BrN2/c1-2-16-9-11-17(12-10-16)8-7-13-3-5-14(15)6-4-13/h3-6H,2,7-12H2,1H3. The average Bonchev–Trinajstić information content (AvgIpc) is 2.39. The van der Waals surface area contributed by atoms with E-state index in [0.717, 1.165) is 4.47 Å². The molecular formula is C14H21BrN2. The molecule has 0 amide bonds. The number of nitrogens with zero attached hydrogens (tertiary/aromatic N) is 2. The SMILES string of the molecule is CCN1CCN(CCc2ccc(Br)cc2)CC1. The smallest absolute Gasteiger partial charge is 0.0175 e. The topological polar surface area (TPSA) is 6.48 Å². The van der Waals surface area contributed by atoms with Crippen LogP contribution in [0.3, 0.4) is 0 Å². The summed E-state index contributed by atoms with van der Waals surface area (Å²) in [6, 6.07) is 8.69. The van der Waals surface area contributed by atoms with Crippen molar-refractivity contribution in [2.75, 3.05) is 39.3 Å². The first kappa shape index (κ1) is 13.1. The van der Waals surface area contributed by atoms with Gasteiger partial charge >= 0.3 is 0 Å². The number of hydrogen-bond donors (Lipinski definition) is 0. The number of halogens is 1. The van der Waals surface area contributed by atoms with Crippen molar-refractivity contribution in [3.05, 3.63) is 34.3 Å². The summed E-state index contributed by atoms with van der Waals surface area (Å²) in [6.45, 7) is 9.56. The molecule has 1 aromatic carbocycles. The molecule has 1 aliphatic rings. The van der Waals surface area contributed by atoms with E-state index in [0.29, 0.717) is 0 Å². The molecule has 2 nitrogen and oxygen atoms in total. The summed E-state index contributed by atoms with van der Waals surface area (Å²) in [4.78, 5) is 5.10. The lowest BCUT2D eigenvalue weighted by Crippen LogP contribution is -2.46. The van der Waals surface area contributed by atoms with Gasteiger partial charge in [-0.1, -0.05) is 35.0 Å². The van der Waals surface area contributed by atoms with E-state index in [1.165, 1.54) is 51.3 Å². The van der Waals surface area contributed by atoms with Crippen LogP contribution >= 0.6 is 15.9 Å². The molecule has 94 valence electrons. The fourth-order valence-electron chi connectivity index (χ4n) is 2.27. The Hall–Kier alpha value is -0.380. The van der Waals surface area contributed by atoms with Crippen molar-refractivity contribution in [2.45, 2.75) is 13.3 Å². The number of piperazine rings is 1. The van der Waals surface area contributed by atoms with E-state index in [2.05, 4.69) is 56.9 Å². The summed E-state index contributed by atoms with van der Waals surface area (Å²) >= 11 is 3.47. The van der Waals surface area contributed by atoms with Gasteiger partial charge < -0.3 is 9.80 Å². The molecule has 1 aliphatic heterocycles. The van der Waals surface area contributed by atoms with Crippen LogP contribution in [0.1, 0.15) is 12.5 Å². The summed E-state index contributed by atoms with van der Waals surface area (Å²) in [5.41, 5.74) is 1.44. The summed E-state index contributed by atoms with van der Waals surface area (Å²) in [6.07, 6.45) is 1.17. The molecule has 1 heterocycles. The molecule has 0 saturated carbocycles. The highest BCUT2D eigenvalue weighted by Crippen LogP contribution is 2.11. The predicted octanol–water partition coefficient (Wildman–Crippen LogP) is 2.63. The lowest BCUT2D eigenvalue weighted by molar-refractivity contribution is 0.138. The van der Waals surface area contributed by atoms with Gasteiger partial charge in [-0.25, -0.2) is 0 Å². The molecule has 0 spiro atoms. The molecule has 17 heavy (non-hydrogen) atoms. The van der Waals surface area contributed by atoms with E-state index >= 15 is 0 Å². The number of hydrogen-bond acceptors (Lipinski definition) is 2. The Morgan fingerprint density at radius 1 is 1.00 bits per heavy atom. The van der Waals surface area contributed by atoms with Crippen LogP contribution in [-0.2, 0) is 6.42 Å². The molecule has 1 saturated heterocycles. The minimum atomic E-state index is 1.16. The zero-order valence-corrected chi connectivity index (χ0v) is 12.1. The third-order valence-electron chi connectivity index (χ3n) is 3.54. The zero-order valence-electron chi connectivity index (χ0n) is 10.5. The van der Waals surface area contributed by atoms with Gasteiger partial charge in [0.2, 0.25) is 0 Å². The van der Waals surface area contributed by atoms with Crippen molar-refractivity contribution in [3.8, 4) is 0 Å². The molecule has 0 aliphatic carbocycles. The van der Waals surface area contributed by atoms with E-state index in [9.17, 15) is 0 Å². The molecular weight excluding hydrogens is 276 g/mol. The van der Waals surface area contributed by atoms with Crippen molar-refractivity contribution >= 4 is 15.9 Å². The Morgan fingerprint density at radius 3 is 2.18 bits per heavy atom. The molecule has 3 heteroatoms. The van der Waals surface area contributed by atoms with Gasteiger partial charge in [0.05, 0.1) is 0 Å². The molecule has 0 atom stereocenters. The fourth-order valence-corrected chi connectivity index (χ4v) is 2.53. The number of benzene rings is 1. The fraction of sp³-hybridized carbons (Fsp3) is 0.571. The van der Waals surface area contributed by atoms with Crippen molar-refractivity contribution in [3.63, 3.8) is 0 Å². The van der Waals surface area contributed by atoms with Crippen LogP contribution in [0.2, 0.25) is 0 Å². The largest absolute Gasteiger partial charge is 0.301 e. The minimum absolute atomic E-state index is 1.16. The Kier molecular flexibility index (Phi) is 5.01. The van der Waals surface area contributed by atoms with Crippen LogP contribution in [0.25, 0.3) is 0 Å². The quantitative estimate of drug-likeness (QED) is 0.843. The predicted molar refractivity (Wildman–Crippen MR) is 76.4 cm³/mol. The molecule has 0 unspecified atom stereocenters. The van der Waals surface area contributed by atoms with Crippen molar-refractivity contribution in [2.24, 2.45) is 0 Å². The second kappa shape index (κ2) is 6.53. The summed E-state index contributed by atoms with van der Waals surface area (Å²) in [5, 5.41) is 0. The molecule has 1 aromatic rings. The van der Waals surface area contributed by atoms with Crippen molar-refractivity contribution in [1.82, 2.24) is 9.80 Å². The zero-order chi connectivity index (χ0) is 12.1. The normalized spacial score (nSPS) is 18.5. The van der Waals surface area contributed by atoms with Crippen LogP contribution in [0.4, 0.5) is 0 Å². The van der Waals surface area contributed by atoms with Crippen LogP contribution in [-0.4, -0.2) is 49.1 Å². The van der Waals surface area contributed by atoms with E-state index in [1.807, 2.05) is 0 Å². The Balaban J connectivity index is 1.74. The molecule has 0 N–H and O–H groups in total. The lowest BCUT2D eigenvalue weighted by atomic mass is 10.1. The van der Waals surface area contributed by atoms with Crippen LogP contribution < -0.4 is 0 Å². The van der Waals surface area contributed by atoms with Crippen LogP contribution in [0, 0.1) is 0 Å². The van der Waals surface area contributed by atoms with Gasteiger partial charge in [-0.15, -0.1) is 0 Å². The maximum atomic E-state index is 3.47. The van der Waals surface area contributed by atoms with Gasteiger partial charge in [-0.3, -0.25) is 0 Å². The minimum Gasteiger partial charge on any atom is -0.301 e. The van der Waals surface area contributed by atoms with E-state index in [-0.39, 0.29) is 0 Å². The highest BCUT2D eigenvalue weighted by atomic mass is 79.9. The van der Waals surface area contributed by atoms with Gasteiger partial charge in [0, 0.05) is 37.2 Å². The van der Waals surface area contributed by atoms with Crippen molar-refractivity contribution in [1.29, 1.82) is 0 Å². The van der Waals surface area contributed by atoms with Gasteiger partial charge in [0.25, 0.3) is 0 Å². The van der Waals surface area contributed by atoms with Gasteiger partial charge in [0.1, 0.15) is 0 Å². The average molecular weight is 297 g/mol. The molecule has 0 aromatic heterocycles. The summed E-state index contributed by atoms with van der Waals surface area (Å²) in [5.74, 6) is 0. The van der Waals surface area contributed by atoms with E-state index < -0.39 is 0 Å². The second-order valence-corrected chi connectivity index (χ2v) is 5.57. The monoisotopic (exact) mass is 296 g/mol. The highest BCUT2D eigenvalue weighted by Gasteiger charge is 2.14. The Bertz CT molecular complexity index is 329. The maximum Gasteiger partial charge on any atom is 0.0175 e. The van der Waals surface area contributed by atoms with E-state index in [1.54, 1.807) is 0 Å². The number of rotatable bonds is 4. The first-order valence-electron chi connectivity index (χ1n) is 6.47. The van der Waals surface area contributed by atoms with Crippen LogP contribution in [0.5, 0.6) is 0 Å². The van der Waals surface area contributed by atoms with Crippen LogP contribution in [0.15, 0.2) is 28.7 Å². The first-order valence-corrected chi connectivity index (χ1v) is 7.26. The highest BCUT2D eigenvalue weighted by molar-refractivity contribution is 9.10. The third-order valence-corrected chi connectivity index (χ3v) is 4.07. The van der Waals surface area contributed by atoms with Gasteiger partial charge in [-0.2, -0.15) is 0 Å². The molecule has 1 fully saturated rings. The Labute approximate surface area is 113 Å². The third kappa shape index (κ3) is 4.09. The molecule has 0 bridgehead atoms. The molecule has 0 radical (unpaired) electrons. The van der Waals surface area contributed by atoms with Crippen molar-refractivity contribution < 1.29 is 0 Å². The Morgan fingerprint density at radius 2 is 1.59 bits per heavy atom. The second-order valence-electron chi connectivity index (χ2n) is 4.65.